The maximum absolute atomic E-state index is 8.72. The van der Waals surface area contributed by atoms with Crippen molar-refractivity contribution in [2.24, 2.45) is 11.7 Å². The first-order valence-electron chi connectivity index (χ1n) is 5.54. The minimum Gasteiger partial charge on any atom is -0.327 e. The lowest BCUT2D eigenvalue weighted by molar-refractivity contribution is 0.114. The van der Waals surface area contributed by atoms with Crippen molar-refractivity contribution in [3.63, 3.8) is 0 Å². The van der Waals surface area contributed by atoms with E-state index < -0.39 is 0 Å². The third-order valence-corrected chi connectivity index (χ3v) is 3.03. The SMILES string of the molecule is CCC(CC#N)N1CC(C)CC(N)C1. The van der Waals surface area contributed by atoms with Gasteiger partial charge in [0.15, 0.2) is 0 Å². The van der Waals surface area contributed by atoms with Gasteiger partial charge in [-0.25, -0.2) is 0 Å². The van der Waals surface area contributed by atoms with E-state index in [9.17, 15) is 0 Å². The molecule has 0 bridgehead atoms. The van der Waals surface area contributed by atoms with Crippen molar-refractivity contribution in [2.75, 3.05) is 13.1 Å². The van der Waals surface area contributed by atoms with Crippen LogP contribution in [0.4, 0.5) is 0 Å². The molecule has 80 valence electrons. The van der Waals surface area contributed by atoms with Crippen LogP contribution < -0.4 is 5.73 Å². The minimum atomic E-state index is 0.298. The third kappa shape index (κ3) is 2.97. The lowest BCUT2D eigenvalue weighted by atomic mass is 9.94. The summed E-state index contributed by atoms with van der Waals surface area (Å²) in [6, 6.07) is 2.97. The molecule has 0 saturated carbocycles. The van der Waals surface area contributed by atoms with Crippen LogP contribution in [0.25, 0.3) is 0 Å². The molecule has 0 aromatic carbocycles. The van der Waals surface area contributed by atoms with E-state index in [0.717, 1.165) is 25.9 Å². The molecule has 1 aliphatic heterocycles. The summed E-state index contributed by atoms with van der Waals surface area (Å²) in [5.41, 5.74) is 5.98. The van der Waals surface area contributed by atoms with Crippen molar-refractivity contribution in [3.05, 3.63) is 0 Å². The highest BCUT2D eigenvalue weighted by Crippen LogP contribution is 2.19. The van der Waals surface area contributed by atoms with E-state index in [1.54, 1.807) is 0 Å². The van der Waals surface area contributed by atoms with Crippen LogP contribution >= 0.6 is 0 Å². The zero-order valence-corrected chi connectivity index (χ0v) is 9.24. The second kappa shape index (κ2) is 5.33. The summed E-state index contributed by atoms with van der Waals surface area (Å²) in [6.45, 7) is 6.45. The highest BCUT2D eigenvalue weighted by atomic mass is 15.2. The highest BCUT2D eigenvalue weighted by molar-refractivity contribution is 4.87. The van der Waals surface area contributed by atoms with Gasteiger partial charge >= 0.3 is 0 Å². The lowest BCUT2D eigenvalue weighted by Crippen LogP contribution is -2.50. The fourth-order valence-corrected chi connectivity index (χ4v) is 2.38. The maximum atomic E-state index is 8.72. The van der Waals surface area contributed by atoms with E-state index in [0.29, 0.717) is 24.4 Å². The van der Waals surface area contributed by atoms with E-state index in [1.165, 1.54) is 0 Å². The van der Waals surface area contributed by atoms with E-state index in [4.69, 9.17) is 11.0 Å². The standard InChI is InChI=1S/C11H21N3/c1-3-11(4-5-12)14-7-9(2)6-10(13)8-14/h9-11H,3-4,6-8,13H2,1-2H3. The third-order valence-electron chi connectivity index (χ3n) is 3.03. The number of likely N-dealkylation sites (tertiary alicyclic amines) is 1. The van der Waals surface area contributed by atoms with Gasteiger partial charge in [0, 0.05) is 25.2 Å². The summed E-state index contributed by atoms with van der Waals surface area (Å²) >= 11 is 0. The summed E-state index contributed by atoms with van der Waals surface area (Å²) in [5, 5.41) is 8.72. The monoisotopic (exact) mass is 195 g/mol. The summed E-state index contributed by atoms with van der Waals surface area (Å²) in [7, 11) is 0. The Kier molecular flexibility index (Phi) is 4.37. The fraction of sp³-hybridized carbons (Fsp3) is 0.909. The van der Waals surface area contributed by atoms with Gasteiger partial charge in [-0.05, 0) is 18.8 Å². The van der Waals surface area contributed by atoms with Crippen molar-refractivity contribution >= 4 is 0 Å². The Morgan fingerprint density at radius 1 is 1.57 bits per heavy atom. The largest absolute Gasteiger partial charge is 0.327 e. The molecule has 0 aliphatic carbocycles. The number of hydrogen-bond acceptors (Lipinski definition) is 3. The Hall–Kier alpha value is -0.590. The lowest BCUT2D eigenvalue weighted by Gasteiger charge is -2.39. The van der Waals surface area contributed by atoms with Gasteiger partial charge in [-0.2, -0.15) is 5.26 Å². The van der Waals surface area contributed by atoms with Crippen molar-refractivity contribution in [1.29, 1.82) is 5.26 Å². The smallest absolute Gasteiger partial charge is 0.0638 e. The first-order valence-corrected chi connectivity index (χ1v) is 5.54. The minimum absolute atomic E-state index is 0.298. The second-order valence-corrected chi connectivity index (χ2v) is 4.48. The summed E-state index contributed by atoms with van der Waals surface area (Å²) < 4.78 is 0. The summed E-state index contributed by atoms with van der Waals surface area (Å²) in [6.07, 6.45) is 2.81. The molecule has 3 unspecified atom stereocenters. The molecule has 0 aromatic rings. The Morgan fingerprint density at radius 3 is 2.79 bits per heavy atom. The van der Waals surface area contributed by atoms with E-state index in [-0.39, 0.29) is 0 Å². The molecule has 1 fully saturated rings. The molecule has 0 spiro atoms. The van der Waals surface area contributed by atoms with Gasteiger partial charge in [0.2, 0.25) is 0 Å². The summed E-state index contributed by atoms with van der Waals surface area (Å²) in [4.78, 5) is 2.39. The van der Waals surface area contributed by atoms with Crippen LogP contribution in [0.15, 0.2) is 0 Å². The van der Waals surface area contributed by atoms with Crippen LogP contribution in [0.3, 0.4) is 0 Å². The number of nitriles is 1. The first-order chi connectivity index (χ1) is 6.67. The van der Waals surface area contributed by atoms with Gasteiger partial charge in [-0.3, -0.25) is 4.90 Å². The molecule has 0 amide bonds. The fourth-order valence-electron chi connectivity index (χ4n) is 2.38. The van der Waals surface area contributed by atoms with Crippen LogP contribution in [0, 0.1) is 17.2 Å². The molecular formula is C11H21N3. The molecule has 1 saturated heterocycles. The van der Waals surface area contributed by atoms with Crippen LogP contribution in [0.1, 0.15) is 33.1 Å². The van der Waals surface area contributed by atoms with Gasteiger partial charge in [0.25, 0.3) is 0 Å². The van der Waals surface area contributed by atoms with Gasteiger partial charge in [0.1, 0.15) is 0 Å². The van der Waals surface area contributed by atoms with Crippen LogP contribution in [0.2, 0.25) is 0 Å². The van der Waals surface area contributed by atoms with Gasteiger partial charge in [0.05, 0.1) is 12.5 Å². The van der Waals surface area contributed by atoms with E-state index in [1.807, 2.05) is 0 Å². The maximum Gasteiger partial charge on any atom is 0.0638 e. The van der Waals surface area contributed by atoms with Crippen LogP contribution in [0.5, 0.6) is 0 Å². The van der Waals surface area contributed by atoms with Crippen molar-refractivity contribution in [1.82, 2.24) is 4.90 Å². The Balaban J connectivity index is 2.52. The number of rotatable bonds is 3. The second-order valence-electron chi connectivity index (χ2n) is 4.48. The average molecular weight is 195 g/mol. The van der Waals surface area contributed by atoms with Gasteiger partial charge in [-0.15, -0.1) is 0 Å². The quantitative estimate of drug-likeness (QED) is 0.739. The van der Waals surface area contributed by atoms with Crippen LogP contribution in [-0.4, -0.2) is 30.1 Å². The van der Waals surface area contributed by atoms with Crippen LogP contribution in [-0.2, 0) is 0 Å². The molecule has 14 heavy (non-hydrogen) atoms. The highest BCUT2D eigenvalue weighted by Gasteiger charge is 2.26. The van der Waals surface area contributed by atoms with Crippen molar-refractivity contribution < 1.29 is 0 Å². The summed E-state index contributed by atoms with van der Waals surface area (Å²) in [5.74, 6) is 0.673. The van der Waals surface area contributed by atoms with E-state index in [2.05, 4.69) is 24.8 Å². The number of hydrogen-bond donors (Lipinski definition) is 1. The molecule has 2 N–H and O–H groups in total. The molecule has 3 heteroatoms. The molecule has 1 aliphatic rings. The molecule has 3 nitrogen and oxygen atoms in total. The predicted octanol–water partition coefficient (Wildman–Crippen LogP) is 1.35. The molecule has 0 radical (unpaired) electrons. The van der Waals surface area contributed by atoms with Crippen molar-refractivity contribution in [2.45, 2.75) is 45.2 Å². The molecule has 3 atom stereocenters. The topological polar surface area (TPSA) is 53.0 Å². The molecule has 1 rings (SSSR count). The average Bonchev–Trinajstić information content (AvgIpc) is 2.12. The van der Waals surface area contributed by atoms with Crippen molar-refractivity contribution in [3.8, 4) is 6.07 Å². The number of nitrogens with zero attached hydrogens (tertiary/aromatic N) is 2. The zero-order valence-electron chi connectivity index (χ0n) is 9.24. The normalized spacial score (nSPS) is 31.0. The van der Waals surface area contributed by atoms with E-state index >= 15 is 0 Å². The molecule has 1 heterocycles. The predicted molar refractivity (Wildman–Crippen MR) is 57.6 cm³/mol. The molecular weight excluding hydrogens is 174 g/mol. The zero-order chi connectivity index (χ0) is 10.6. The Morgan fingerprint density at radius 2 is 2.29 bits per heavy atom. The Labute approximate surface area is 86.9 Å². The first kappa shape index (κ1) is 11.5. The Bertz CT molecular complexity index is 199. The van der Waals surface area contributed by atoms with Gasteiger partial charge in [-0.1, -0.05) is 13.8 Å². The molecule has 0 aromatic heterocycles. The van der Waals surface area contributed by atoms with Gasteiger partial charge < -0.3 is 5.73 Å². The number of nitrogens with two attached hydrogens (primary N) is 1. The number of piperidine rings is 1.